The van der Waals surface area contributed by atoms with E-state index in [2.05, 4.69) is 24.3 Å². The molecule has 1 aromatic carbocycles. The van der Waals surface area contributed by atoms with Gasteiger partial charge in [-0.1, -0.05) is 43.5 Å². The van der Waals surface area contributed by atoms with Gasteiger partial charge in [0, 0.05) is 7.11 Å². The molecule has 2 aliphatic rings. The summed E-state index contributed by atoms with van der Waals surface area (Å²) in [4.78, 5) is 0. The van der Waals surface area contributed by atoms with Gasteiger partial charge >= 0.3 is 0 Å². The van der Waals surface area contributed by atoms with Crippen LogP contribution in [0.3, 0.4) is 0 Å². The van der Waals surface area contributed by atoms with Crippen molar-refractivity contribution in [2.45, 2.75) is 62.6 Å². The van der Waals surface area contributed by atoms with Crippen LogP contribution in [0.25, 0.3) is 0 Å². The van der Waals surface area contributed by atoms with Gasteiger partial charge in [-0.25, -0.2) is 0 Å². The Morgan fingerprint density at radius 3 is 2.21 bits per heavy atom. The summed E-state index contributed by atoms with van der Waals surface area (Å²) >= 11 is 0. The SMILES string of the molecule is COC1(C(O)c2ccc(C3CCC3)cc2)CCCC1. The zero-order chi connectivity index (χ0) is 13.3. The van der Waals surface area contributed by atoms with Gasteiger partial charge in [0.1, 0.15) is 6.10 Å². The molecule has 1 N–H and O–H groups in total. The van der Waals surface area contributed by atoms with Crippen molar-refractivity contribution < 1.29 is 9.84 Å². The van der Waals surface area contributed by atoms with Gasteiger partial charge in [0.25, 0.3) is 0 Å². The van der Waals surface area contributed by atoms with E-state index in [1.165, 1.54) is 24.8 Å². The van der Waals surface area contributed by atoms with Gasteiger partial charge in [-0.15, -0.1) is 0 Å². The number of aliphatic hydroxyl groups is 1. The van der Waals surface area contributed by atoms with Crippen LogP contribution in [0, 0.1) is 0 Å². The molecule has 104 valence electrons. The minimum atomic E-state index is -0.490. The van der Waals surface area contributed by atoms with E-state index in [-0.39, 0.29) is 5.60 Å². The van der Waals surface area contributed by atoms with Crippen LogP contribution in [0.4, 0.5) is 0 Å². The van der Waals surface area contributed by atoms with Crippen LogP contribution in [0.2, 0.25) is 0 Å². The number of benzene rings is 1. The molecule has 0 saturated heterocycles. The minimum Gasteiger partial charge on any atom is -0.385 e. The minimum absolute atomic E-state index is 0.349. The number of aliphatic hydroxyl groups excluding tert-OH is 1. The molecule has 0 bridgehead atoms. The number of hydrogen-bond donors (Lipinski definition) is 1. The van der Waals surface area contributed by atoms with E-state index in [0.717, 1.165) is 37.2 Å². The number of methoxy groups -OCH3 is 1. The van der Waals surface area contributed by atoms with E-state index >= 15 is 0 Å². The molecule has 2 fully saturated rings. The van der Waals surface area contributed by atoms with E-state index in [0.29, 0.717) is 0 Å². The van der Waals surface area contributed by atoms with Crippen LogP contribution in [-0.2, 0) is 4.74 Å². The first-order valence-electron chi connectivity index (χ1n) is 7.58. The van der Waals surface area contributed by atoms with Gasteiger partial charge in [0.2, 0.25) is 0 Å². The summed E-state index contributed by atoms with van der Waals surface area (Å²) in [6.07, 6.45) is 7.77. The van der Waals surface area contributed by atoms with Crippen molar-refractivity contribution in [2.75, 3.05) is 7.11 Å². The van der Waals surface area contributed by atoms with Crippen molar-refractivity contribution >= 4 is 0 Å². The predicted octanol–water partition coefficient (Wildman–Crippen LogP) is 3.95. The largest absolute Gasteiger partial charge is 0.385 e. The Labute approximate surface area is 115 Å². The van der Waals surface area contributed by atoms with Gasteiger partial charge in [-0.2, -0.15) is 0 Å². The van der Waals surface area contributed by atoms with Crippen molar-refractivity contribution in [1.82, 2.24) is 0 Å². The summed E-state index contributed by atoms with van der Waals surface area (Å²) in [5, 5.41) is 10.6. The molecule has 2 nitrogen and oxygen atoms in total. The fourth-order valence-corrected chi connectivity index (χ4v) is 3.56. The fourth-order valence-electron chi connectivity index (χ4n) is 3.56. The summed E-state index contributed by atoms with van der Waals surface area (Å²) in [5.41, 5.74) is 2.09. The molecule has 0 aromatic heterocycles. The van der Waals surface area contributed by atoms with E-state index in [1.807, 2.05) is 0 Å². The molecule has 1 atom stereocenters. The maximum Gasteiger partial charge on any atom is 0.108 e. The fraction of sp³-hybridized carbons (Fsp3) is 0.647. The van der Waals surface area contributed by atoms with Gasteiger partial charge in [0.15, 0.2) is 0 Å². The van der Waals surface area contributed by atoms with Crippen molar-refractivity contribution in [1.29, 1.82) is 0 Å². The van der Waals surface area contributed by atoms with E-state index in [9.17, 15) is 5.11 Å². The molecule has 0 amide bonds. The maximum absolute atomic E-state index is 10.6. The Morgan fingerprint density at radius 1 is 1.11 bits per heavy atom. The Balaban J connectivity index is 1.77. The van der Waals surface area contributed by atoms with Crippen LogP contribution in [-0.4, -0.2) is 17.8 Å². The van der Waals surface area contributed by atoms with E-state index in [1.54, 1.807) is 7.11 Å². The lowest BCUT2D eigenvalue weighted by Gasteiger charge is -2.33. The number of hydrogen-bond acceptors (Lipinski definition) is 2. The lowest BCUT2D eigenvalue weighted by atomic mass is 9.79. The molecule has 19 heavy (non-hydrogen) atoms. The second kappa shape index (κ2) is 5.26. The zero-order valence-corrected chi connectivity index (χ0v) is 11.8. The Kier molecular flexibility index (Phi) is 3.64. The predicted molar refractivity (Wildman–Crippen MR) is 76.2 cm³/mol. The summed E-state index contributed by atoms with van der Waals surface area (Å²) in [5.74, 6) is 0.758. The topological polar surface area (TPSA) is 29.5 Å². The van der Waals surface area contributed by atoms with Crippen LogP contribution in [0.15, 0.2) is 24.3 Å². The number of ether oxygens (including phenoxy) is 1. The third-order valence-corrected chi connectivity index (χ3v) is 5.18. The molecule has 2 saturated carbocycles. The van der Waals surface area contributed by atoms with Gasteiger partial charge < -0.3 is 9.84 Å². The summed E-state index contributed by atoms with van der Waals surface area (Å²) in [6.45, 7) is 0. The maximum atomic E-state index is 10.6. The molecule has 2 heteroatoms. The Hall–Kier alpha value is -0.860. The average Bonchev–Trinajstić information content (AvgIpc) is 2.87. The first kappa shape index (κ1) is 13.1. The molecule has 0 spiro atoms. The van der Waals surface area contributed by atoms with Crippen LogP contribution in [0.1, 0.15) is 68.1 Å². The molecule has 0 radical (unpaired) electrons. The highest BCUT2D eigenvalue weighted by atomic mass is 16.5. The van der Waals surface area contributed by atoms with E-state index in [4.69, 9.17) is 4.74 Å². The number of rotatable bonds is 4. The van der Waals surface area contributed by atoms with Crippen LogP contribution >= 0.6 is 0 Å². The lowest BCUT2D eigenvalue weighted by molar-refractivity contribution is -0.100. The second-order valence-corrected chi connectivity index (χ2v) is 6.17. The third kappa shape index (κ3) is 2.32. The highest BCUT2D eigenvalue weighted by Crippen LogP contribution is 2.43. The molecular weight excluding hydrogens is 236 g/mol. The molecule has 1 aromatic rings. The van der Waals surface area contributed by atoms with Crippen LogP contribution < -0.4 is 0 Å². The van der Waals surface area contributed by atoms with E-state index < -0.39 is 6.10 Å². The average molecular weight is 260 g/mol. The smallest absolute Gasteiger partial charge is 0.108 e. The normalized spacial score (nSPS) is 24.1. The standard InChI is InChI=1S/C17H24O2/c1-19-17(11-2-3-12-17)16(18)15-9-7-14(8-10-15)13-5-4-6-13/h7-10,13,16,18H,2-6,11-12H2,1H3. The summed E-state index contributed by atoms with van der Waals surface area (Å²) < 4.78 is 5.68. The van der Waals surface area contributed by atoms with Gasteiger partial charge in [-0.3, -0.25) is 0 Å². The highest BCUT2D eigenvalue weighted by Gasteiger charge is 2.41. The van der Waals surface area contributed by atoms with Crippen molar-refractivity contribution in [3.8, 4) is 0 Å². The molecular formula is C17H24O2. The summed E-state index contributed by atoms with van der Waals surface area (Å²) in [6, 6.07) is 8.58. The van der Waals surface area contributed by atoms with Crippen molar-refractivity contribution in [3.63, 3.8) is 0 Å². The summed E-state index contributed by atoms with van der Waals surface area (Å²) in [7, 11) is 1.73. The Bertz CT molecular complexity index is 413. The third-order valence-electron chi connectivity index (χ3n) is 5.18. The highest BCUT2D eigenvalue weighted by molar-refractivity contribution is 5.29. The molecule has 3 rings (SSSR count). The van der Waals surface area contributed by atoms with Crippen molar-refractivity contribution in [2.24, 2.45) is 0 Å². The monoisotopic (exact) mass is 260 g/mol. The van der Waals surface area contributed by atoms with Gasteiger partial charge in [0.05, 0.1) is 5.60 Å². The van der Waals surface area contributed by atoms with Crippen molar-refractivity contribution in [3.05, 3.63) is 35.4 Å². The van der Waals surface area contributed by atoms with Crippen LogP contribution in [0.5, 0.6) is 0 Å². The first-order valence-corrected chi connectivity index (χ1v) is 7.58. The molecule has 2 aliphatic carbocycles. The molecule has 1 unspecified atom stereocenters. The molecule has 0 heterocycles. The zero-order valence-electron chi connectivity index (χ0n) is 11.8. The first-order chi connectivity index (χ1) is 9.25. The van der Waals surface area contributed by atoms with Gasteiger partial charge in [-0.05, 0) is 42.7 Å². The lowest BCUT2D eigenvalue weighted by Crippen LogP contribution is -2.35. The Morgan fingerprint density at radius 2 is 1.74 bits per heavy atom. The second-order valence-electron chi connectivity index (χ2n) is 6.17. The quantitative estimate of drug-likeness (QED) is 0.888. The molecule has 0 aliphatic heterocycles.